The second kappa shape index (κ2) is 13.2. The van der Waals surface area contributed by atoms with Crippen molar-refractivity contribution in [3.05, 3.63) is 54.2 Å². The van der Waals surface area contributed by atoms with Gasteiger partial charge in [-0.2, -0.15) is 0 Å². The molecule has 1 unspecified atom stereocenters. The lowest BCUT2D eigenvalue weighted by molar-refractivity contribution is -0.159. The number of methoxy groups -OCH3 is 1. The first-order valence-electron chi connectivity index (χ1n) is 12.3. The van der Waals surface area contributed by atoms with Crippen LogP contribution in [0.5, 0.6) is 0 Å². The minimum atomic E-state index is -1.35. The van der Waals surface area contributed by atoms with E-state index in [4.69, 9.17) is 9.31 Å². The van der Waals surface area contributed by atoms with Crippen LogP contribution in [-0.4, -0.2) is 72.3 Å². The fourth-order valence-electron chi connectivity index (χ4n) is 3.98. The van der Waals surface area contributed by atoms with E-state index >= 15 is 0 Å². The van der Waals surface area contributed by atoms with Gasteiger partial charge < -0.3 is 29.8 Å². The van der Waals surface area contributed by atoms with E-state index in [2.05, 4.69) is 20.4 Å². The molecule has 202 valence electrons. The first kappa shape index (κ1) is 28.8. The van der Waals surface area contributed by atoms with Gasteiger partial charge in [0.1, 0.15) is 11.7 Å². The summed E-state index contributed by atoms with van der Waals surface area (Å²) in [5.74, 6) is -3.62. The van der Waals surface area contributed by atoms with Crippen molar-refractivity contribution in [1.29, 1.82) is 0 Å². The first-order chi connectivity index (χ1) is 18.1. The zero-order valence-corrected chi connectivity index (χ0v) is 21.7. The van der Waals surface area contributed by atoms with Crippen molar-refractivity contribution in [2.24, 2.45) is 5.92 Å². The van der Waals surface area contributed by atoms with E-state index in [1.54, 1.807) is 12.1 Å². The lowest BCUT2D eigenvalue weighted by Crippen LogP contribution is -2.60. The van der Waals surface area contributed by atoms with Gasteiger partial charge in [0.15, 0.2) is 6.10 Å². The molecule has 12 heteroatoms. The van der Waals surface area contributed by atoms with E-state index in [1.807, 2.05) is 44.2 Å². The summed E-state index contributed by atoms with van der Waals surface area (Å²) in [5, 5.41) is 15.6. The minimum absolute atomic E-state index is 0.0330. The Balaban J connectivity index is 1.75. The van der Waals surface area contributed by atoms with Crippen molar-refractivity contribution < 1.29 is 38.3 Å². The number of rotatable bonds is 10. The van der Waals surface area contributed by atoms with Gasteiger partial charge in [-0.25, -0.2) is 9.78 Å². The van der Waals surface area contributed by atoms with Crippen LogP contribution in [0.4, 0.5) is 0 Å². The molecule has 3 rings (SSSR count). The maximum Gasteiger partial charge on any atom is 0.551 e. The van der Waals surface area contributed by atoms with E-state index in [0.717, 1.165) is 5.56 Å². The van der Waals surface area contributed by atoms with Gasteiger partial charge in [0.05, 0.1) is 31.3 Å². The maximum absolute atomic E-state index is 13.2. The number of benzene rings is 1. The normalized spacial score (nSPS) is 17.7. The highest BCUT2D eigenvalue weighted by atomic mass is 16.6. The number of hydrogen-bond donors (Lipinski definition) is 3. The zero-order chi connectivity index (χ0) is 27.8. The maximum atomic E-state index is 13.2. The monoisotopic (exact) mass is 525 g/mol. The molecule has 0 radical (unpaired) electrons. The number of nitrogens with one attached hydrogen (secondary N) is 2. The van der Waals surface area contributed by atoms with Crippen molar-refractivity contribution in [2.75, 3.05) is 7.11 Å². The summed E-state index contributed by atoms with van der Waals surface area (Å²) in [7, 11) is -0.0878. The number of carbonyl (C=O) groups is 4. The summed E-state index contributed by atoms with van der Waals surface area (Å²) in [6, 6.07) is 12.9. The van der Waals surface area contributed by atoms with Crippen LogP contribution < -0.4 is 10.6 Å². The SMILES string of the molecule is COC(=O)C1CC(=O)OB([C@H](CC(C)C)NC(=O)[C@@H](NC(=O)c2cccc(-c3ccccc3)n2)[C@@H](C)O)O1. The molecule has 2 heterocycles. The minimum Gasteiger partial charge on any atom is -0.508 e. The molecule has 2 aromatic rings. The van der Waals surface area contributed by atoms with E-state index in [0.29, 0.717) is 12.1 Å². The number of ether oxygens (including phenoxy) is 1. The van der Waals surface area contributed by atoms with Crippen molar-refractivity contribution >= 4 is 30.9 Å². The largest absolute Gasteiger partial charge is 0.551 e. The predicted molar refractivity (Wildman–Crippen MR) is 137 cm³/mol. The third-order valence-corrected chi connectivity index (χ3v) is 5.85. The average molecular weight is 525 g/mol. The Bertz CT molecular complexity index is 1140. The van der Waals surface area contributed by atoms with Crippen LogP contribution >= 0.6 is 0 Å². The molecular weight excluding hydrogens is 493 g/mol. The van der Waals surface area contributed by atoms with Crippen LogP contribution in [0, 0.1) is 5.92 Å². The van der Waals surface area contributed by atoms with E-state index in [9.17, 15) is 24.3 Å². The van der Waals surface area contributed by atoms with Crippen LogP contribution in [0.25, 0.3) is 11.3 Å². The van der Waals surface area contributed by atoms with Crippen molar-refractivity contribution in [2.45, 2.75) is 57.8 Å². The number of aliphatic hydroxyl groups is 1. The molecule has 0 bridgehead atoms. The molecule has 0 spiro atoms. The van der Waals surface area contributed by atoms with Crippen LogP contribution in [-0.2, 0) is 28.4 Å². The van der Waals surface area contributed by atoms with Crippen molar-refractivity contribution in [3.8, 4) is 11.3 Å². The number of aromatic nitrogens is 1. The summed E-state index contributed by atoms with van der Waals surface area (Å²) in [5.41, 5.74) is 1.45. The van der Waals surface area contributed by atoms with Gasteiger partial charge in [-0.15, -0.1) is 0 Å². The summed E-state index contributed by atoms with van der Waals surface area (Å²) in [6.07, 6.45) is -2.44. The molecule has 1 aliphatic rings. The average Bonchev–Trinajstić information content (AvgIpc) is 2.90. The third kappa shape index (κ3) is 7.62. The molecule has 1 aromatic carbocycles. The second-order valence-corrected chi connectivity index (χ2v) is 9.42. The van der Waals surface area contributed by atoms with Crippen LogP contribution in [0.3, 0.4) is 0 Å². The lowest BCUT2D eigenvalue weighted by Gasteiger charge is -2.32. The molecule has 1 aromatic heterocycles. The number of carbonyl (C=O) groups excluding carboxylic acids is 4. The Labute approximate surface area is 221 Å². The number of esters is 1. The fourth-order valence-corrected chi connectivity index (χ4v) is 3.98. The summed E-state index contributed by atoms with van der Waals surface area (Å²) < 4.78 is 15.6. The molecule has 11 nitrogen and oxygen atoms in total. The predicted octanol–water partition coefficient (Wildman–Crippen LogP) is 1.29. The highest BCUT2D eigenvalue weighted by Crippen LogP contribution is 2.19. The highest BCUT2D eigenvalue weighted by Gasteiger charge is 2.45. The molecule has 0 aliphatic carbocycles. The van der Waals surface area contributed by atoms with E-state index in [-0.39, 0.29) is 18.0 Å². The van der Waals surface area contributed by atoms with Crippen molar-refractivity contribution in [1.82, 2.24) is 15.6 Å². The third-order valence-electron chi connectivity index (χ3n) is 5.85. The van der Waals surface area contributed by atoms with E-state index < -0.39 is 55.1 Å². The van der Waals surface area contributed by atoms with Gasteiger partial charge in [0.2, 0.25) is 5.91 Å². The van der Waals surface area contributed by atoms with Gasteiger partial charge in [0.25, 0.3) is 11.9 Å². The molecule has 2 amide bonds. The molecule has 1 aliphatic heterocycles. The van der Waals surface area contributed by atoms with Gasteiger partial charge >= 0.3 is 13.1 Å². The topological polar surface area (TPSA) is 153 Å². The summed E-state index contributed by atoms with van der Waals surface area (Å²) >= 11 is 0. The standard InChI is InChI=1S/C26H32BN3O8/c1-15(2)13-21(27-37-20(26(35)36-4)14-22(32)38-27)29-25(34)23(16(3)31)30-24(33)19-12-8-11-18(28-19)17-9-6-5-7-10-17/h5-12,15-16,20-21,23,31H,13-14H2,1-4H3,(H,29,34)(H,30,33)/t16-,20?,21+,23+/m1/s1. The Morgan fingerprint density at radius 1 is 1.11 bits per heavy atom. The van der Waals surface area contributed by atoms with Crippen LogP contribution in [0.15, 0.2) is 48.5 Å². The quantitative estimate of drug-likeness (QED) is 0.308. The molecule has 38 heavy (non-hydrogen) atoms. The van der Waals surface area contributed by atoms with Gasteiger partial charge in [-0.05, 0) is 31.4 Å². The number of pyridine rings is 1. The number of nitrogens with zero attached hydrogens (tertiary/aromatic N) is 1. The second-order valence-electron chi connectivity index (χ2n) is 9.42. The zero-order valence-electron chi connectivity index (χ0n) is 21.7. The van der Waals surface area contributed by atoms with Crippen molar-refractivity contribution in [3.63, 3.8) is 0 Å². The molecule has 4 atom stereocenters. The number of aliphatic hydroxyl groups excluding tert-OH is 1. The molecule has 1 fully saturated rings. The molecule has 3 N–H and O–H groups in total. The fraction of sp³-hybridized carbons (Fsp3) is 0.423. The number of amides is 2. The molecule has 0 saturated carbocycles. The van der Waals surface area contributed by atoms with E-state index in [1.165, 1.54) is 20.1 Å². The summed E-state index contributed by atoms with van der Waals surface area (Å²) in [4.78, 5) is 54.7. The lowest BCUT2D eigenvalue weighted by atomic mass is 9.72. The smallest absolute Gasteiger partial charge is 0.508 e. The Morgan fingerprint density at radius 2 is 1.82 bits per heavy atom. The Kier molecular flexibility index (Phi) is 9.97. The van der Waals surface area contributed by atoms with Gasteiger partial charge in [0, 0.05) is 5.56 Å². The van der Waals surface area contributed by atoms with Crippen LogP contribution in [0.1, 0.15) is 44.1 Å². The Morgan fingerprint density at radius 3 is 2.45 bits per heavy atom. The molecule has 1 saturated heterocycles. The summed E-state index contributed by atoms with van der Waals surface area (Å²) in [6.45, 7) is 5.14. The first-order valence-corrected chi connectivity index (χ1v) is 12.3. The number of hydrogen-bond acceptors (Lipinski definition) is 9. The Hall–Kier alpha value is -3.77. The van der Waals surface area contributed by atoms with Gasteiger partial charge in [-0.1, -0.05) is 50.2 Å². The highest BCUT2D eigenvalue weighted by molar-refractivity contribution is 6.50. The molecular formula is C26H32BN3O8. The van der Waals surface area contributed by atoms with Gasteiger partial charge in [-0.3, -0.25) is 14.4 Å². The van der Waals surface area contributed by atoms with Crippen LogP contribution in [0.2, 0.25) is 0 Å².